The Labute approximate surface area is 178 Å². The topological polar surface area (TPSA) is 114 Å². The van der Waals surface area contributed by atoms with Gasteiger partial charge in [0.25, 0.3) is 0 Å². The Hall–Kier alpha value is -2.40. The maximum atomic E-state index is 11.3. The van der Waals surface area contributed by atoms with Gasteiger partial charge in [0.2, 0.25) is 5.95 Å². The Bertz CT molecular complexity index is 1040. The number of nitrogen functional groups attached to an aromatic ring is 1. The van der Waals surface area contributed by atoms with E-state index in [1.54, 1.807) is 23.7 Å². The van der Waals surface area contributed by atoms with E-state index in [9.17, 15) is 5.11 Å². The van der Waals surface area contributed by atoms with Crippen LogP contribution in [0, 0.1) is 0 Å². The van der Waals surface area contributed by atoms with Crippen molar-refractivity contribution in [1.29, 1.82) is 0 Å². The Balaban J connectivity index is 1.62. The molecule has 30 heavy (non-hydrogen) atoms. The van der Waals surface area contributed by atoms with E-state index in [1.165, 1.54) is 0 Å². The van der Waals surface area contributed by atoms with E-state index < -0.39 is 5.60 Å². The van der Waals surface area contributed by atoms with Gasteiger partial charge in [-0.1, -0.05) is 0 Å². The number of hydrogen-bond donors (Lipinski definition) is 2. The van der Waals surface area contributed by atoms with Crippen LogP contribution < -0.4 is 10.6 Å². The molecule has 5 heterocycles. The Morgan fingerprint density at radius 2 is 1.80 bits per heavy atom. The zero-order chi connectivity index (χ0) is 20.7. The highest BCUT2D eigenvalue weighted by Crippen LogP contribution is 2.42. The fraction of sp³-hybridized carbons (Fsp3) is 0.500. The molecule has 2 saturated heterocycles. The molecular formula is C20H25N7O2S. The van der Waals surface area contributed by atoms with Crippen LogP contribution in [0.1, 0.15) is 17.7 Å². The van der Waals surface area contributed by atoms with Crippen LogP contribution >= 0.6 is 11.3 Å². The van der Waals surface area contributed by atoms with Crippen LogP contribution in [0.25, 0.3) is 21.6 Å². The monoisotopic (exact) mass is 427 g/mol. The van der Waals surface area contributed by atoms with Crippen LogP contribution in [0.4, 0.5) is 11.8 Å². The molecular weight excluding hydrogens is 402 g/mol. The predicted octanol–water partition coefficient (Wildman–Crippen LogP) is 1.48. The number of hydrogen-bond acceptors (Lipinski definition) is 10. The molecule has 0 atom stereocenters. The zero-order valence-electron chi connectivity index (χ0n) is 16.9. The van der Waals surface area contributed by atoms with Gasteiger partial charge >= 0.3 is 0 Å². The standard InChI is InChI=1S/C20H25N7O2S/c1-26-4-2-20(28,3-5-26)15-10-14-16(30-15)18(27-6-8-29-9-7-27)25-17(24-14)13-11-22-19(21)23-12-13/h10-12,28H,2-9H2,1H3,(H2,21,22,23). The maximum Gasteiger partial charge on any atom is 0.219 e. The minimum atomic E-state index is -0.815. The first-order chi connectivity index (χ1) is 14.5. The summed E-state index contributed by atoms with van der Waals surface area (Å²) in [6.07, 6.45) is 4.72. The second-order valence-corrected chi connectivity index (χ2v) is 9.01. The van der Waals surface area contributed by atoms with Crippen molar-refractivity contribution in [3.63, 3.8) is 0 Å². The fourth-order valence-corrected chi connectivity index (χ4v) is 5.21. The molecule has 9 nitrogen and oxygen atoms in total. The van der Waals surface area contributed by atoms with Gasteiger partial charge in [0.1, 0.15) is 5.60 Å². The summed E-state index contributed by atoms with van der Waals surface area (Å²) >= 11 is 1.60. The Morgan fingerprint density at radius 1 is 1.10 bits per heavy atom. The molecule has 10 heteroatoms. The van der Waals surface area contributed by atoms with Crippen LogP contribution in [0.2, 0.25) is 0 Å². The molecule has 3 N–H and O–H groups in total. The van der Waals surface area contributed by atoms with Crippen molar-refractivity contribution >= 4 is 33.3 Å². The van der Waals surface area contributed by atoms with Crippen molar-refractivity contribution in [3.8, 4) is 11.4 Å². The lowest BCUT2D eigenvalue weighted by Gasteiger charge is -2.35. The van der Waals surface area contributed by atoms with Crippen molar-refractivity contribution in [2.45, 2.75) is 18.4 Å². The van der Waals surface area contributed by atoms with E-state index in [0.29, 0.717) is 24.6 Å². The van der Waals surface area contributed by atoms with Crippen molar-refractivity contribution in [1.82, 2.24) is 24.8 Å². The molecule has 2 fully saturated rings. The molecule has 0 amide bonds. The minimum Gasteiger partial charge on any atom is -0.384 e. The van der Waals surface area contributed by atoms with E-state index >= 15 is 0 Å². The van der Waals surface area contributed by atoms with Crippen molar-refractivity contribution in [2.75, 3.05) is 57.1 Å². The molecule has 158 valence electrons. The number of piperidine rings is 1. The van der Waals surface area contributed by atoms with E-state index in [4.69, 9.17) is 20.4 Å². The maximum absolute atomic E-state index is 11.3. The van der Waals surface area contributed by atoms with Crippen LogP contribution in [-0.4, -0.2) is 76.4 Å². The van der Waals surface area contributed by atoms with Gasteiger partial charge in [-0.2, -0.15) is 0 Å². The number of likely N-dealkylation sites (tertiary alicyclic amines) is 1. The van der Waals surface area contributed by atoms with Crippen LogP contribution in [-0.2, 0) is 10.3 Å². The Kier molecular flexibility index (Phi) is 5.02. The normalized spacial score (nSPS) is 20.0. The molecule has 0 spiro atoms. The molecule has 0 aromatic carbocycles. The summed E-state index contributed by atoms with van der Waals surface area (Å²) in [7, 11) is 2.09. The third-order valence-corrected chi connectivity index (χ3v) is 7.18. The largest absolute Gasteiger partial charge is 0.384 e. The molecule has 0 radical (unpaired) electrons. The predicted molar refractivity (Wildman–Crippen MR) is 117 cm³/mol. The van der Waals surface area contributed by atoms with E-state index in [2.05, 4.69) is 26.8 Å². The molecule has 0 bridgehead atoms. The molecule has 5 rings (SSSR count). The second kappa shape index (κ2) is 7.69. The van der Waals surface area contributed by atoms with Gasteiger partial charge in [-0.15, -0.1) is 11.3 Å². The van der Waals surface area contributed by atoms with Gasteiger partial charge in [-0.3, -0.25) is 0 Å². The second-order valence-electron chi connectivity index (χ2n) is 7.96. The van der Waals surface area contributed by atoms with E-state index in [0.717, 1.165) is 59.9 Å². The quantitative estimate of drug-likeness (QED) is 0.641. The first kappa shape index (κ1) is 19.6. The molecule has 2 aliphatic rings. The summed E-state index contributed by atoms with van der Waals surface area (Å²) in [5.74, 6) is 1.65. The lowest BCUT2D eigenvalue weighted by molar-refractivity contribution is -0.0171. The van der Waals surface area contributed by atoms with Crippen LogP contribution in [0.3, 0.4) is 0 Å². The lowest BCUT2D eigenvalue weighted by atomic mass is 9.90. The van der Waals surface area contributed by atoms with E-state index in [-0.39, 0.29) is 5.95 Å². The molecule has 0 unspecified atom stereocenters. The molecule has 3 aromatic rings. The molecule has 3 aromatic heterocycles. The molecule has 0 aliphatic carbocycles. The third-order valence-electron chi connectivity index (χ3n) is 5.87. The summed E-state index contributed by atoms with van der Waals surface area (Å²) in [6.45, 7) is 4.63. The van der Waals surface area contributed by atoms with Gasteiger partial charge in [0.15, 0.2) is 11.6 Å². The number of thiophene rings is 1. The Morgan fingerprint density at radius 3 is 2.50 bits per heavy atom. The fourth-order valence-electron chi connectivity index (χ4n) is 3.95. The van der Waals surface area contributed by atoms with Gasteiger partial charge < -0.3 is 25.4 Å². The highest BCUT2D eigenvalue weighted by atomic mass is 32.1. The number of fused-ring (bicyclic) bond motifs is 1. The van der Waals surface area contributed by atoms with Gasteiger partial charge in [-0.25, -0.2) is 19.9 Å². The van der Waals surface area contributed by atoms with Gasteiger partial charge in [0.05, 0.1) is 29.0 Å². The number of rotatable bonds is 3. The van der Waals surface area contributed by atoms with Crippen molar-refractivity contribution in [3.05, 3.63) is 23.3 Å². The number of nitrogens with zero attached hydrogens (tertiary/aromatic N) is 6. The molecule has 2 aliphatic heterocycles. The average molecular weight is 428 g/mol. The number of aromatic nitrogens is 4. The number of anilines is 2. The van der Waals surface area contributed by atoms with E-state index in [1.807, 2.05) is 6.07 Å². The number of ether oxygens (including phenoxy) is 1. The number of morpholine rings is 1. The first-order valence-electron chi connectivity index (χ1n) is 10.2. The van der Waals surface area contributed by atoms with Crippen LogP contribution in [0.5, 0.6) is 0 Å². The van der Waals surface area contributed by atoms with Crippen molar-refractivity contribution in [2.24, 2.45) is 0 Å². The van der Waals surface area contributed by atoms with Gasteiger partial charge in [0, 0.05) is 43.4 Å². The lowest BCUT2D eigenvalue weighted by Crippen LogP contribution is -2.40. The number of aliphatic hydroxyl groups is 1. The molecule has 0 saturated carbocycles. The smallest absolute Gasteiger partial charge is 0.219 e. The summed E-state index contributed by atoms with van der Waals surface area (Å²) in [4.78, 5) is 23.3. The first-order valence-corrected chi connectivity index (χ1v) is 11.0. The number of nitrogens with two attached hydrogens (primary N) is 1. The summed E-state index contributed by atoms with van der Waals surface area (Å²) in [5.41, 5.74) is 6.38. The highest BCUT2D eigenvalue weighted by Gasteiger charge is 2.35. The third kappa shape index (κ3) is 3.60. The van der Waals surface area contributed by atoms with Gasteiger partial charge in [-0.05, 0) is 26.0 Å². The van der Waals surface area contributed by atoms with Crippen LogP contribution in [0.15, 0.2) is 18.5 Å². The summed E-state index contributed by atoms with van der Waals surface area (Å²) in [6, 6.07) is 2.03. The van der Waals surface area contributed by atoms with Crippen molar-refractivity contribution < 1.29 is 9.84 Å². The zero-order valence-corrected chi connectivity index (χ0v) is 17.7. The summed E-state index contributed by atoms with van der Waals surface area (Å²) < 4.78 is 6.53. The summed E-state index contributed by atoms with van der Waals surface area (Å²) in [5, 5.41) is 11.3. The highest BCUT2D eigenvalue weighted by molar-refractivity contribution is 7.19. The SMILES string of the molecule is CN1CCC(O)(c2cc3nc(-c4cnc(N)nc4)nc(N4CCOCC4)c3s2)CC1. The minimum absolute atomic E-state index is 0.218. The average Bonchev–Trinajstić information content (AvgIpc) is 3.21.